The van der Waals surface area contributed by atoms with Gasteiger partial charge in [0.25, 0.3) is 11.6 Å². The molecule has 2 aromatic carbocycles. The van der Waals surface area contributed by atoms with Crippen LogP contribution < -0.4 is 19.7 Å². The molecular weight excluding hydrogens is 400 g/mol. The first kappa shape index (κ1) is 21.3. The number of rotatable bonds is 8. The molecule has 1 aliphatic heterocycles. The lowest BCUT2D eigenvalue weighted by Gasteiger charge is -2.17. The summed E-state index contributed by atoms with van der Waals surface area (Å²) >= 11 is 0. The molecule has 1 fully saturated rings. The van der Waals surface area contributed by atoms with Crippen molar-refractivity contribution in [3.63, 3.8) is 0 Å². The zero-order valence-corrected chi connectivity index (χ0v) is 16.3. The summed E-state index contributed by atoms with van der Waals surface area (Å²) in [6, 6.07) is 9.46. The summed E-state index contributed by atoms with van der Waals surface area (Å²) in [4.78, 5) is 25.3. The van der Waals surface area contributed by atoms with E-state index < -0.39 is 28.9 Å². The number of anilines is 1. The van der Waals surface area contributed by atoms with E-state index in [4.69, 9.17) is 4.74 Å². The summed E-state index contributed by atoms with van der Waals surface area (Å²) in [7, 11) is 1.18. The van der Waals surface area contributed by atoms with Gasteiger partial charge in [0.15, 0.2) is 11.5 Å². The summed E-state index contributed by atoms with van der Waals surface area (Å²) in [5.74, 6) is -1.46. The van der Waals surface area contributed by atoms with Crippen molar-refractivity contribution < 1.29 is 28.0 Å². The summed E-state index contributed by atoms with van der Waals surface area (Å²) in [5.41, 5.74) is 0.955. The number of halogens is 2. The minimum Gasteiger partial charge on any atom is -0.493 e. The average Bonchev–Trinajstić information content (AvgIpc) is 3.26. The first-order valence-corrected chi connectivity index (χ1v) is 9.32. The number of nitro groups is 1. The lowest BCUT2D eigenvalue weighted by molar-refractivity contribution is -0.385. The SMILES string of the molecule is COc1cc(C(=O)NCc2ccc(N3CCCC3)cc2)c([N+](=O)[O-])cc1OC(F)F. The Bertz CT molecular complexity index is 915. The number of carbonyl (C=O) groups is 1. The van der Waals surface area contributed by atoms with Crippen molar-refractivity contribution in [2.24, 2.45) is 0 Å². The molecule has 0 radical (unpaired) electrons. The summed E-state index contributed by atoms with van der Waals surface area (Å²) in [5, 5.41) is 13.9. The zero-order chi connectivity index (χ0) is 21.7. The maximum Gasteiger partial charge on any atom is 0.387 e. The highest BCUT2D eigenvalue weighted by Crippen LogP contribution is 2.35. The molecule has 0 aromatic heterocycles. The number of nitrogens with one attached hydrogen (secondary N) is 1. The van der Waals surface area contributed by atoms with Gasteiger partial charge in [-0.2, -0.15) is 8.78 Å². The van der Waals surface area contributed by atoms with Crippen molar-refractivity contribution in [3.8, 4) is 11.5 Å². The monoisotopic (exact) mass is 421 g/mol. The van der Waals surface area contributed by atoms with Crippen molar-refractivity contribution in [1.82, 2.24) is 5.32 Å². The van der Waals surface area contributed by atoms with Crippen molar-refractivity contribution in [3.05, 3.63) is 57.6 Å². The van der Waals surface area contributed by atoms with Gasteiger partial charge in [0.05, 0.1) is 18.1 Å². The Hall–Kier alpha value is -3.43. The Morgan fingerprint density at radius 3 is 2.43 bits per heavy atom. The number of hydrogen-bond acceptors (Lipinski definition) is 6. The molecule has 3 rings (SSSR count). The zero-order valence-electron chi connectivity index (χ0n) is 16.3. The highest BCUT2D eigenvalue weighted by molar-refractivity contribution is 5.99. The molecule has 1 N–H and O–H groups in total. The Balaban J connectivity index is 1.74. The number of nitro benzene ring substituents is 1. The fourth-order valence-corrected chi connectivity index (χ4v) is 3.31. The number of ether oxygens (including phenoxy) is 2. The van der Waals surface area contributed by atoms with Gasteiger partial charge < -0.3 is 19.7 Å². The first-order chi connectivity index (χ1) is 14.4. The minimum atomic E-state index is -3.19. The van der Waals surface area contributed by atoms with Gasteiger partial charge in [-0.3, -0.25) is 14.9 Å². The van der Waals surface area contributed by atoms with Gasteiger partial charge in [0.1, 0.15) is 5.56 Å². The molecule has 0 aliphatic carbocycles. The second kappa shape index (κ2) is 9.38. The molecule has 0 atom stereocenters. The molecule has 0 spiro atoms. The first-order valence-electron chi connectivity index (χ1n) is 9.32. The van der Waals surface area contributed by atoms with E-state index in [1.165, 1.54) is 20.0 Å². The third kappa shape index (κ3) is 4.94. The van der Waals surface area contributed by atoms with Crippen LogP contribution in [0.2, 0.25) is 0 Å². The van der Waals surface area contributed by atoms with E-state index in [0.29, 0.717) is 0 Å². The molecule has 0 unspecified atom stereocenters. The Kier molecular flexibility index (Phi) is 6.65. The number of nitrogens with zero attached hydrogens (tertiary/aromatic N) is 2. The number of carbonyl (C=O) groups excluding carboxylic acids is 1. The minimum absolute atomic E-state index is 0.147. The summed E-state index contributed by atoms with van der Waals surface area (Å²) in [6.07, 6.45) is 2.34. The van der Waals surface area contributed by atoms with E-state index >= 15 is 0 Å². The Morgan fingerprint density at radius 2 is 1.87 bits per heavy atom. The van der Waals surface area contributed by atoms with Crippen LogP contribution in [-0.2, 0) is 6.54 Å². The van der Waals surface area contributed by atoms with Crippen LogP contribution in [0.1, 0.15) is 28.8 Å². The van der Waals surface area contributed by atoms with Gasteiger partial charge in [0.2, 0.25) is 0 Å². The van der Waals surface area contributed by atoms with E-state index in [9.17, 15) is 23.7 Å². The molecule has 1 aliphatic rings. The normalized spacial score (nSPS) is 13.4. The number of benzene rings is 2. The number of methoxy groups -OCH3 is 1. The van der Waals surface area contributed by atoms with Crippen molar-refractivity contribution in [2.45, 2.75) is 26.0 Å². The maximum atomic E-state index is 12.6. The van der Waals surface area contributed by atoms with E-state index in [2.05, 4.69) is 15.0 Å². The van der Waals surface area contributed by atoms with Gasteiger partial charge in [-0.25, -0.2) is 0 Å². The molecule has 1 saturated heterocycles. The smallest absolute Gasteiger partial charge is 0.387 e. The molecule has 30 heavy (non-hydrogen) atoms. The predicted octanol–water partition coefficient (Wildman–Crippen LogP) is 3.74. The highest BCUT2D eigenvalue weighted by Gasteiger charge is 2.26. The van der Waals surface area contributed by atoms with Gasteiger partial charge in [0, 0.05) is 31.4 Å². The van der Waals surface area contributed by atoms with E-state index in [1.807, 2.05) is 24.3 Å². The van der Waals surface area contributed by atoms with Gasteiger partial charge in [-0.1, -0.05) is 12.1 Å². The molecule has 10 heteroatoms. The standard InChI is InChI=1S/C20H21F2N3O5/c1-29-17-10-15(16(25(27)28)11-18(17)30-20(21)22)19(26)23-12-13-4-6-14(7-5-13)24-8-2-3-9-24/h4-7,10-11,20H,2-3,8-9,12H2,1H3,(H,23,26). The lowest BCUT2D eigenvalue weighted by Crippen LogP contribution is -2.24. The predicted molar refractivity (Wildman–Crippen MR) is 105 cm³/mol. The number of amides is 1. The molecule has 160 valence electrons. The molecule has 8 nitrogen and oxygen atoms in total. The third-order valence-corrected chi connectivity index (χ3v) is 4.80. The van der Waals surface area contributed by atoms with Crippen LogP contribution >= 0.6 is 0 Å². The summed E-state index contributed by atoms with van der Waals surface area (Å²) < 4.78 is 34.2. The second-order valence-electron chi connectivity index (χ2n) is 6.70. The van der Waals surface area contributed by atoms with Crippen LogP contribution in [0.3, 0.4) is 0 Å². The van der Waals surface area contributed by atoms with E-state index in [-0.39, 0.29) is 17.9 Å². The molecular formula is C20H21F2N3O5. The molecule has 0 bridgehead atoms. The molecule has 0 saturated carbocycles. The van der Waals surface area contributed by atoms with Gasteiger partial charge in [-0.15, -0.1) is 0 Å². The van der Waals surface area contributed by atoms with E-state index in [0.717, 1.165) is 36.5 Å². The quantitative estimate of drug-likeness (QED) is 0.516. The van der Waals surface area contributed by atoms with Crippen LogP contribution in [0.5, 0.6) is 11.5 Å². The summed E-state index contributed by atoms with van der Waals surface area (Å²) in [6.45, 7) is -1.00. The number of alkyl halides is 2. The van der Waals surface area contributed by atoms with Gasteiger partial charge >= 0.3 is 6.61 Å². The maximum absolute atomic E-state index is 12.6. The topological polar surface area (TPSA) is 93.9 Å². The largest absolute Gasteiger partial charge is 0.493 e. The van der Waals surface area contributed by atoms with Crippen LogP contribution in [0.4, 0.5) is 20.2 Å². The van der Waals surface area contributed by atoms with Crippen LogP contribution in [-0.4, -0.2) is 37.6 Å². The Morgan fingerprint density at radius 1 is 1.20 bits per heavy atom. The van der Waals surface area contributed by atoms with Crippen LogP contribution in [0, 0.1) is 10.1 Å². The van der Waals surface area contributed by atoms with Crippen LogP contribution in [0.15, 0.2) is 36.4 Å². The van der Waals surface area contributed by atoms with Gasteiger partial charge in [-0.05, 0) is 30.5 Å². The third-order valence-electron chi connectivity index (χ3n) is 4.80. The lowest BCUT2D eigenvalue weighted by atomic mass is 10.1. The second-order valence-corrected chi connectivity index (χ2v) is 6.70. The molecule has 1 heterocycles. The molecule has 2 aromatic rings. The highest BCUT2D eigenvalue weighted by atomic mass is 19.3. The Labute approximate surface area is 171 Å². The number of hydrogen-bond donors (Lipinski definition) is 1. The van der Waals surface area contributed by atoms with Crippen molar-refractivity contribution in [2.75, 3.05) is 25.1 Å². The average molecular weight is 421 g/mol. The van der Waals surface area contributed by atoms with E-state index in [1.54, 1.807) is 0 Å². The fourth-order valence-electron chi connectivity index (χ4n) is 3.31. The van der Waals surface area contributed by atoms with Crippen molar-refractivity contribution in [1.29, 1.82) is 0 Å². The molecule has 1 amide bonds. The van der Waals surface area contributed by atoms with Crippen molar-refractivity contribution >= 4 is 17.3 Å². The van der Waals surface area contributed by atoms with Crippen LogP contribution in [0.25, 0.3) is 0 Å². The fraction of sp³-hybridized carbons (Fsp3) is 0.350.